The fourth-order valence-corrected chi connectivity index (χ4v) is 8.92. The lowest BCUT2D eigenvalue weighted by Gasteiger charge is -2.18. The minimum Gasteiger partial charge on any atom is -0.462 e. The quantitative estimate of drug-likeness (QED) is 0.0261. The molecule has 0 N–H and O–H groups in total. The van der Waals surface area contributed by atoms with Crippen molar-refractivity contribution in [3.63, 3.8) is 0 Å². The molecule has 0 aromatic rings. The van der Waals surface area contributed by atoms with E-state index in [1.165, 1.54) is 103 Å². The van der Waals surface area contributed by atoms with Gasteiger partial charge in [0, 0.05) is 19.3 Å². The fourth-order valence-electron chi connectivity index (χ4n) is 8.92. The molecule has 1 atom stereocenters. The van der Waals surface area contributed by atoms with Gasteiger partial charge in [-0.05, 0) is 122 Å². The second kappa shape index (κ2) is 67.8. The number of esters is 3. The molecule has 0 rings (SSSR count). The van der Waals surface area contributed by atoms with Gasteiger partial charge in [0.1, 0.15) is 13.2 Å². The molecule has 0 bridgehead atoms. The van der Waals surface area contributed by atoms with E-state index >= 15 is 0 Å². The number of hydrogen-bond donors (Lipinski definition) is 0. The normalized spacial score (nSPS) is 13.1. The highest BCUT2D eigenvalue weighted by Crippen LogP contribution is 2.16. The lowest BCUT2D eigenvalue weighted by Crippen LogP contribution is -2.30. The molecule has 0 aliphatic carbocycles. The Kier molecular flexibility index (Phi) is 63.9. The van der Waals surface area contributed by atoms with Gasteiger partial charge in [0.25, 0.3) is 0 Å². The Labute approximate surface area is 499 Å². The predicted molar refractivity (Wildman–Crippen MR) is 352 cm³/mol. The smallest absolute Gasteiger partial charge is 0.306 e. The Balaban J connectivity index is 4.36. The zero-order valence-corrected chi connectivity index (χ0v) is 52.5. The van der Waals surface area contributed by atoms with Crippen molar-refractivity contribution in [3.8, 4) is 0 Å². The summed E-state index contributed by atoms with van der Waals surface area (Å²) in [5.74, 6) is -0.919. The van der Waals surface area contributed by atoms with E-state index in [1.807, 2.05) is 0 Å². The minimum absolute atomic E-state index is 0.0902. The average molecular weight is 1120 g/mol. The number of carbonyl (C=O) groups is 3. The van der Waals surface area contributed by atoms with Crippen LogP contribution in [0.4, 0.5) is 0 Å². The van der Waals surface area contributed by atoms with Crippen molar-refractivity contribution in [2.45, 2.75) is 297 Å². The molecule has 0 aromatic carbocycles. The van der Waals surface area contributed by atoms with E-state index in [4.69, 9.17) is 14.2 Å². The molecule has 0 amide bonds. The van der Waals surface area contributed by atoms with Crippen LogP contribution in [0, 0.1) is 0 Å². The molecule has 0 aliphatic rings. The number of allylic oxidation sites excluding steroid dienone is 24. The van der Waals surface area contributed by atoms with Gasteiger partial charge in [-0.25, -0.2) is 0 Å². The Bertz CT molecular complexity index is 1760. The van der Waals surface area contributed by atoms with Crippen molar-refractivity contribution in [1.82, 2.24) is 0 Å². The maximum absolute atomic E-state index is 12.9. The first-order valence-electron chi connectivity index (χ1n) is 33.3. The van der Waals surface area contributed by atoms with Gasteiger partial charge in [0.15, 0.2) is 6.10 Å². The molecule has 81 heavy (non-hydrogen) atoms. The minimum atomic E-state index is -0.796. The van der Waals surface area contributed by atoms with Gasteiger partial charge in [-0.15, -0.1) is 0 Å². The van der Waals surface area contributed by atoms with Crippen LogP contribution in [0.15, 0.2) is 146 Å². The molecule has 0 heterocycles. The maximum atomic E-state index is 12.9. The first-order chi connectivity index (χ1) is 40.0. The third-order valence-corrected chi connectivity index (χ3v) is 13.8. The molecule has 0 radical (unpaired) electrons. The van der Waals surface area contributed by atoms with Crippen LogP contribution >= 0.6 is 0 Å². The lowest BCUT2D eigenvalue weighted by atomic mass is 10.0. The predicted octanol–water partition coefficient (Wildman–Crippen LogP) is 23.1. The summed E-state index contributed by atoms with van der Waals surface area (Å²) >= 11 is 0. The van der Waals surface area contributed by atoms with E-state index in [0.29, 0.717) is 19.3 Å². The fraction of sp³-hybridized carbons (Fsp3) is 0.640. The third-order valence-electron chi connectivity index (χ3n) is 13.8. The molecule has 6 heteroatoms. The van der Waals surface area contributed by atoms with Crippen LogP contribution < -0.4 is 0 Å². The highest BCUT2D eigenvalue weighted by atomic mass is 16.6. The molecule has 0 spiro atoms. The summed E-state index contributed by atoms with van der Waals surface area (Å²) in [6.45, 7) is 6.39. The van der Waals surface area contributed by atoms with Gasteiger partial charge in [0.2, 0.25) is 0 Å². The van der Waals surface area contributed by atoms with E-state index < -0.39 is 6.10 Å². The first kappa shape index (κ1) is 76.3. The molecular formula is C75H122O6. The Morgan fingerprint density at radius 2 is 0.481 bits per heavy atom. The van der Waals surface area contributed by atoms with Gasteiger partial charge in [-0.3, -0.25) is 14.4 Å². The number of hydrogen-bond acceptors (Lipinski definition) is 6. The molecule has 0 saturated heterocycles. The van der Waals surface area contributed by atoms with Crippen LogP contribution in [0.25, 0.3) is 0 Å². The van der Waals surface area contributed by atoms with Gasteiger partial charge in [-0.1, -0.05) is 295 Å². The zero-order valence-electron chi connectivity index (χ0n) is 52.5. The second-order valence-corrected chi connectivity index (χ2v) is 21.6. The van der Waals surface area contributed by atoms with Crippen LogP contribution in [0.2, 0.25) is 0 Å². The number of ether oxygens (including phenoxy) is 3. The summed E-state index contributed by atoms with van der Waals surface area (Å²) in [5, 5.41) is 0. The van der Waals surface area contributed by atoms with E-state index in [9.17, 15) is 14.4 Å². The summed E-state index contributed by atoms with van der Waals surface area (Å²) < 4.78 is 16.9. The van der Waals surface area contributed by atoms with Crippen molar-refractivity contribution in [3.05, 3.63) is 146 Å². The Morgan fingerprint density at radius 3 is 0.753 bits per heavy atom. The molecule has 0 saturated carbocycles. The highest BCUT2D eigenvalue weighted by Gasteiger charge is 2.19. The number of unbranched alkanes of at least 4 members (excludes halogenated alkanes) is 24. The summed E-state index contributed by atoms with van der Waals surface area (Å²) in [6.07, 6.45) is 97.1. The van der Waals surface area contributed by atoms with Crippen molar-refractivity contribution in [2.24, 2.45) is 0 Å². The second-order valence-electron chi connectivity index (χ2n) is 21.6. The monoisotopic (exact) mass is 1120 g/mol. The summed E-state index contributed by atoms with van der Waals surface area (Å²) in [7, 11) is 0. The van der Waals surface area contributed by atoms with Crippen LogP contribution in [0.5, 0.6) is 0 Å². The highest BCUT2D eigenvalue weighted by molar-refractivity contribution is 5.71. The Morgan fingerprint density at radius 1 is 0.259 bits per heavy atom. The summed E-state index contributed by atoms with van der Waals surface area (Å²) in [6, 6.07) is 0. The molecular weight excluding hydrogens is 997 g/mol. The van der Waals surface area contributed by atoms with E-state index in [1.54, 1.807) is 0 Å². The van der Waals surface area contributed by atoms with Crippen LogP contribution in [0.3, 0.4) is 0 Å². The van der Waals surface area contributed by atoms with Crippen molar-refractivity contribution < 1.29 is 28.6 Å². The van der Waals surface area contributed by atoms with Crippen LogP contribution in [0.1, 0.15) is 290 Å². The largest absolute Gasteiger partial charge is 0.462 e. The van der Waals surface area contributed by atoms with Gasteiger partial charge in [-0.2, -0.15) is 0 Å². The molecule has 0 aliphatic heterocycles. The maximum Gasteiger partial charge on any atom is 0.306 e. The Hall–Kier alpha value is -4.71. The molecule has 458 valence electrons. The van der Waals surface area contributed by atoms with E-state index in [-0.39, 0.29) is 31.1 Å². The molecule has 0 aromatic heterocycles. The molecule has 6 nitrogen and oxygen atoms in total. The average Bonchev–Trinajstić information content (AvgIpc) is 3.47. The SMILES string of the molecule is CC/C=C\C/C=C\C/C=C\C/C=C\C/C=C\C/C=C\C/C=C\C/C=C\CCCCCCC(=O)OCC(COC(=O)CCCCCCCCCCCCC)OC(=O)CCCCCCCCCCCC/C=C\C/C=C\C/C=C\C/C=C\CC. The molecule has 1 unspecified atom stereocenters. The van der Waals surface area contributed by atoms with Gasteiger partial charge in [0.05, 0.1) is 0 Å². The van der Waals surface area contributed by atoms with Crippen LogP contribution in [-0.4, -0.2) is 37.2 Å². The van der Waals surface area contributed by atoms with E-state index in [2.05, 4.69) is 167 Å². The topological polar surface area (TPSA) is 78.9 Å². The standard InChI is InChI=1S/C75H122O6/c1-4-7-10-13-16-19-22-24-26-28-30-32-34-35-36-37-38-39-41-42-44-46-48-50-53-56-59-62-65-68-74(77)80-71-72(70-79-73(76)67-64-61-58-55-52-21-18-15-12-9-6-3)81-75(78)69-66-63-60-57-54-51-49-47-45-43-40-33-31-29-27-25-23-20-17-14-11-8-5-2/h7-8,10-11,16-17,19-20,24-27,30-33,35-36,38-39,42,44,48,50,72H,4-6,9,12-15,18,21-23,28-29,34,37,40-41,43,45-47,49,51-71H2,1-3H3/b10-7-,11-8-,19-16-,20-17-,26-24-,27-25-,32-30-,33-31-,36-35-,39-38-,44-42-,50-48-. The zero-order chi connectivity index (χ0) is 58.5. The van der Waals surface area contributed by atoms with Gasteiger partial charge >= 0.3 is 17.9 Å². The first-order valence-corrected chi connectivity index (χ1v) is 33.3. The lowest BCUT2D eigenvalue weighted by molar-refractivity contribution is -0.167. The summed E-state index contributed by atoms with van der Waals surface area (Å²) in [5.41, 5.74) is 0. The summed E-state index contributed by atoms with van der Waals surface area (Å²) in [4.78, 5) is 38.3. The third kappa shape index (κ3) is 66.0. The van der Waals surface area contributed by atoms with Gasteiger partial charge < -0.3 is 14.2 Å². The van der Waals surface area contributed by atoms with E-state index in [0.717, 1.165) is 148 Å². The number of rotatable bonds is 59. The van der Waals surface area contributed by atoms with Crippen molar-refractivity contribution >= 4 is 17.9 Å². The number of carbonyl (C=O) groups excluding carboxylic acids is 3. The van der Waals surface area contributed by atoms with Crippen molar-refractivity contribution in [2.75, 3.05) is 13.2 Å². The van der Waals surface area contributed by atoms with Crippen molar-refractivity contribution in [1.29, 1.82) is 0 Å². The molecule has 0 fully saturated rings. The van der Waals surface area contributed by atoms with Crippen LogP contribution in [-0.2, 0) is 28.6 Å².